The van der Waals surface area contributed by atoms with Crippen LogP contribution in [0.2, 0.25) is 0 Å². The molecule has 0 bridgehead atoms. The molecule has 7 nitrogen and oxygen atoms in total. The van der Waals surface area contributed by atoms with Crippen LogP contribution in [-0.2, 0) is 23.9 Å². The summed E-state index contributed by atoms with van der Waals surface area (Å²) in [7, 11) is 0. The summed E-state index contributed by atoms with van der Waals surface area (Å²) in [5.41, 5.74) is -4.14. The maximum absolute atomic E-state index is 12.0. The van der Waals surface area contributed by atoms with Crippen LogP contribution in [-0.4, -0.2) is 34.1 Å². The molecule has 7 heteroatoms. The Bertz CT molecular complexity index is 773. The maximum Gasteiger partial charge on any atom is 0.337 e. The van der Waals surface area contributed by atoms with Crippen molar-refractivity contribution in [2.24, 2.45) is 10.8 Å². The largest absolute Gasteiger partial charge is 0.480 e. The molecule has 0 radical (unpaired) electrons. The first-order chi connectivity index (χ1) is 10.9. The van der Waals surface area contributed by atoms with E-state index in [2.05, 4.69) is 4.74 Å². The summed E-state index contributed by atoms with van der Waals surface area (Å²) < 4.78 is 4.29. The van der Waals surface area contributed by atoms with Crippen molar-refractivity contribution >= 4 is 29.5 Å². The quantitative estimate of drug-likeness (QED) is 0.627. The predicted molar refractivity (Wildman–Crippen MR) is 74.8 cm³/mol. The van der Waals surface area contributed by atoms with E-state index in [1.807, 2.05) is 0 Å². The third-order valence-corrected chi connectivity index (χ3v) is 4.12. The number of allylic oxidation sites excluding steroid dienone is 2. The Balaban J connectivity index is 2.26. The third kappa shape index (κ3) is 1.64. The fourth-order valence-electron chi connectivity index (χ4n) is 2.84. The van der Waals surface area contributed by atoms with Crippen LogP contribution in [0.4, 0.5) is 0 Å². The molecule has 0 amide bonds. The van der Waals surface area contributed by atoms with Crippen molar-refractivity contribution < 1.29 is 34.1 Å². The molecule has 1 fully saturated rings. The zero-order valence-electron chi connectivity index (χ0n) is 11.6. The molecular formula is C16H10O7. The molecule has 1 aliphatic carbocycles. The minimum Gasteiger partial charge on any atom is -0.480 e. The zero-order valence-corrected chi connectivity index (χ0v) is 11.6. The number of carbonyl (C=O) groups is 4. The van der Waals surface area contributed by atoms with Gasteiger partial charge in [-0.25, -0.2) is 9.59 Å². The normalized spacial score (nSPS) is 20.4. The van der Waals surface area contributed by atoms with Crippen molar-refractivity contribution in [1.82, 2.24) is 0 Å². The number of ether oxygens (including phenoxy) is 1. The minimum absolute atomic E-state index is 0.369. The topological polar surface area (TPSA) is 118 Å². The highest BCUT2D eigenvalue weighted by molar-refractivity contribution is 6.25. The Morgan fingerprint density at radius 1 is 0.957 bits per heavy atom. The van der Waals surface area contributed by atoms with Crippen LogP contribution in [0.3, 0.4) is 0 Å². The highest BCUT2D eigenvalue weighted by atomic mass is 16.6. The molecule has 1 heterocycles. The second-order valence-corrected chi connectivity index (χ2v) is 5.20. The number of esters is 2. The molecule has 23 heavy (non-hydrogen) atoms. The maximum atomic E-state index is 12.0. The average molecular weight is 314 g/mol. The summed E-state index contributed by atoms with van der Waals surface area (Å²) in [6.45, 7) is 0. The Labute approximate surface area is 129 Å². The number of aliphatic carboxylic acids is 2. The third-order valence-electron chi connectivity index (χ3n) is 4.12. The summed E-state index contributed by atoms with van der Waals surface area (Å²) in [6, 6.07) is 8.56. The highest BCUT2D eigenvalue weighted by Gasteiger charge is 2.76. The second kappa shape index (κ2) is 4.64. The summed E-state index contributed by atoms with van der Waals surface area (Å²) in [6.07, 6.45) is 3.21. The lowest BCUT2D eigenvalue weighted by Gasteiger charge is -2.44. The molecule has 1 aromatic rings. The molecule has 0 aromatic heterocycles. The number of hydrogen-bond acceptors (Lipinski definition) is 5. The van der Waals surface area contributed by atoms with E-state index in [1.165, 1.54) is 6.08 Å². The van der Waals surface area contributed by atoms with Gasteiger partial charge in [0.1, 0.15) is 0 Å². The Hall–Kier alpha value is -3.22. The lowest BCUT2D eigenvalue weighted by atomic mass is 9.57. The van der Waals surface area contributed by atoms with Crippen molar-refractivity contribution in [3.63, 3.8) is 0 Å². The number of carboxylic acids is 2. The Morgan fingerprint density at radius 3 is 2.00 bits per heavy atom. The van der Waals surface area contributed by atoms with Crippen LogP contribution in [0.5, 0.6) is 0 Å². The first-order valence-electron chi connectivity index (χ1n) is 6.57. The number of carboxylic acid groups (broad SMARTS) is 2. The number of rotatable bonds is 3. The molecule has 2 aliphatic rings. The fraction of sp³-hybridized carbons (Fsp3) is 0.125. The molecule has 0 saturated carbocycles. The van der Waals surface area contributed by atoms with Gasteiger partial charge in [-0.3, -0.25) is 9.59 Å². The van der Waals surface area contributed by atoms with Crippen molar-refractivity contribution in [2.75, 3.05) is 0 Å². The molecular weight excluding hydrogens is 304 g/mol. The highest BCUT2D eigenvalue weighted by Crippen LogP contribution is 2.54. The predicted octanol–water partition coefficient (Wildman–Crippen LogP) is 0.865. The van der Waals surface area contributed by atoms with E-state index in [1.54, 1.807) is 30.3 Å². The van der Waals surface area contributed by atoms with E-state index in [-0.39, 0.29) is 0 Å². The van der Waals surface area contributed by atoms with Gasteiger partial charge in [0, 0.05) is 0 Å². The standard InChI is InChI=1S/C16H10O7/c17-11(18)15(12(19)20)7-6-10(9-4-2-1-3-5-9)8-16(15)13(21)23-14(16)22/h1-8H,(H,17,18)(H,19,20). The molecule has 1 aliphatic heterocycles. The summed E-state index contributed by atoms with van der Waals surface area (Å²) in [5, 5.41) is 18.9. The van der Waals surface area contributed by atoms with E-state index >= 15 is 0 Å². The van der Waals surface area contributed by atoms with Gasteiger partial charge in [-0.05, 0) is 17.2 Å². The molecule has 3 rings (SSSR count). The fourth-order valence-corrected chi connectivity index (χ4v) is 2.84. The minimum atomic E-state index is -2.72. The van der Waals surface area contributed by atoms with Crippen molar-refractivity contribution in [3.05, 3.63) is 54.1 Å². The van der Waals surface area contributed by atoms with Crippen LogP contribution < -0.4 is 0 Å². The van der Waals surface area contributed by atoms with Gasteiger partial charge in [-0.2, -0.15) is 0 Å². The molecule has 0 unspecified atom stereocenters. The van der Waals surface area contributed by atoms with Gasteiger partial charge in [0.15, 0.2) is 0 Å². The molecule has 116 valence electrons. The zero-order chi connectivity index (χ0) is 16.8. The van der Waals surface area contributed by atoms with Gasteiger partial charge in [0.05, 0.1) is 0 Å². The van der Waals surface area contributed by atoms with E-state index in [4.69, 9.17) is 0 Å². The SMILES string of the molecule is O=C(O)C1(C(=O)O)C=CC(c2ccccc2)=CC12C(=O)OC2=O. The summed E-state index contributed by atoms with van der Waals surface area (Å²) in [5.74, 6) is -6.00. The molecule has 1 saturated heterocycles. The molecule has 0 atom stereocenters. The van der Waals surface area contributed by atoms with Gasteiger partial charge in [0.2, 0.25) is 10.8 Å². The van der Waals surface area contributed by atoms with Crippen LogP contribution in [0, 0.1) is 10.8 Å². The number of hydrogen-bond donors (Lipinski definition) is 2. The Kier molecular flexibility index (Phi) is 2.97. The first-order valence-corrected chi connectivity index (χ1v) is 6.57. The number of benzene rings is 1. The van der Waals surface area contributed by atoms with Gasteiger partial charge >= 0.3 is 23.9 Å². The van der Waals surface area contributed by atoms with Gasteiger partial charge < -0.3 is 14.9 Å². The smallest absolute Gasteiger partial charge is 0.337 e. The Morgan fingerprint density at radius 2 is 1.52 bits per heavy atom. The molecule has 2 N–H and O–H groups in total. The van der Waals surface area contributed by atoms with E-state index in [9.17, 15) is 29.4 Å². The lowest BCUT2D eigenvalue weighted by Crippen LogP contribution is -2.67. The van der Waals surface area contributed by atoms with Crippen molar-refractivity contribution in [2.45, 2.75) is 0 Å². The van der Waals surface area contributed by atoms with Crippen LogP contribution in [0.15, 0.2) is 48.6 Å². The monoisotopic (exact) mass is 314 g/mol. The van der Waals surface area contributed by atoms with Crippen molar-refractivity contribution in [3.8, 4) is 0 Å². The van der Waals surface area contributed by atoms with Gasteiger partial charge in [0.25, 0.3) is 0 Å². The first kappa shape index (κ1) is 14.7. The average Bonchev–Trinajstić information content (AvgIpc) is 2.54. The van der Waals surface area contributed by atoms with Crippen LogP contribution >= 0.6 is 0 Å². The summed E-state index contributed by atoms with van der Waals surface area (Å²) in [4.78, 5) is 47.2. The second-order valence-electron chi connectivity index (χ2n) is 5.20. The van der Waals surface area contributed by atoms with E-state index < -0.39 is 34.7 Å². The summed E-state index contributed by atoms with van der Waals surface area (Å²) >= 11 is 0. The van der Waals surface area contributed by atoms with Crippen LogP contribution in [0.1, 0.15) is 5.56 Å². The van der Waals surface area contributed by atoms with E-state index in [0.717, 1.165) is 12.2 Å². The molecule has 1 spiro atoms. The van der Waals surface area contributed by atoms with Gasteiger partial charge in [-0.1, -0.05) is 42.5 Å². The number of cyclic esters (lactones) is 2. The van der Waals surface area contributed by atoms with Gasteiger partial charge in [-0.15, -0.1) is 0 Å². The lowest BCUT2D eigenvalue weighted by molar-refractivity contribution is -0.208. The van der Waals surface area contributed by atoms with Crippen molar-refractivity contribution in [1.29, 1.82) is 0 Å². The van der Waals surface area contributed by atoms with E-state index in [0.29, 0.717) is 11.1 Å². The molecule has 1 aromatic carbocycles. The number of carbonyl (C=O) groups excluding carboxylic acids is 2. The van der Waals surface area contributed by atoms with Crippen LogP contribution in [0.25, 0.3) is 5.57 Å².